The van der Waals surface area contributed by atoms with Crippen LogP contribution < -0.4 is 0 Å². The summed E-state index contributed by atoms with van der Waals surface area (Å²) < 4.78 is 13.9. The number of hydrogen-bond donors (Lipinski definition) is 1. The number of Topliss-reactive ketones (excluding diaryl/α,β-unsaturated/α-hetero) is 1. The van der Waals surface area contributed by atoms with Crippen LogP contribution in [-0.2, 0) is 9.59 Å². The molecule has 2 heterocycles. The Hall–Kier alpha value is -2.47. The first-order chi connectivity index (χ1) is 12.5. The van der Waals surface area contributed by atoms with Crippen LogP contribution in [0.2, 0.25) is 0 Å². The van der Waals surface area contributed by atoms with Gasteiger partial charge in [-0.1, -0.05) is 31.5 Å². The average Bonchev–Trinajstić information content (AvgIpc) is 3.23. The monoisotopic (exact) mass is 373 g/mol. The van der Waals surface area contributed by atoms with Crippen LogP contribution in [0.15, 0.2) is 41.3 Å². The molecule has 0 saturated carbocycles. The van der Waals surface area contributed by atoms with E-state index >= 15 is 0 Å². The van der Waals surface area contributed by atoms with Gasteiger partial charge in [0, 0.05) is 17.0 Å². The van der Waals surface area contributed by atoms with Crippen molar-refractivity contribution in [1.82, 2.24) is 4.90 Å². The fourth-order valence-corrected chi connectivity index (χ4v) is 3.92. The number of thiophene rings is 1. The lowest BCUT2D eigenvalue weighted by Crippen LogP contribution is -2.30. The molecule has 4 nitrogen and oxygen atoms in total. The summed E-state index contributed by atoms with van der Waals surface area (Å²) in [6, 6.07) is 7.33. The second kappa shape index (κ2) is 7.41. The number of aryl methyl sites for hydroxylation is 1. The number of carbonyl (C=O) groups excluding carboxylic acids is 2. The van der Waals surface area contributed by atoms with E-state index in [2.05, 4.69) is 0 Å². The van der Waals surface area contributed by atoms with E-state index in [0.29, 0.717) is 12.1 Å². The number of benzene rings is 1. The zero-order chi connectivity index (χ0) is 18.8. The molecule has 1 saturated heterocycles. The van der Waals surface area contributed by atoms with Crippen LogP contribution in [0.1, 0.15) is 41.8 Å². The van der Waals surface area contributed by atoms with Crippen LogP contribution in [0.25, 0.3) is 5.76 Å². The predicted molar refractivity (Wildman–Crippen MR) is 99.4 cm³/mol. The van der Waals surface area contributed by atoms with Crippen molar-refractivity contribution in [2.75, 3.05) is 6.54 Å². The SMILES string of the molecule is CCCCN1C(=O)C(=O)C(=C(O)c2ccc(C)c(F)c2)[C@@H]1c1cccs1. The van der Waals surface area contributed by atoms with Gasteiger partial charge in [-0.15, -0.1) is 11.3 Å². The van der Waals surface area contributed by atoms with E-state index in [0.717, 1.165) is 17.7 Å². The predicted octanol–water partition coefficient (Wildman–Crippen LogP) is 4.42. The van der Waals surface area contributed by atoms with Gasteiger partial charge in [0.1, 0.15) is 11.6 Å². The third-order valence-electron chi connectivity index (χ3n) is 4.55. The highest BCUT2D eigenvalue weighted by Gasteiger charge is 2.46. The molecule has 6 heteroatoms. The zero-order valence-electron chi connectivity index (χ0n) is 14.7. The maximum absolute atomic E-state index is 13.9. The summed E-state index contributed by atoms with van der Waals surface area (Å²) in [6.07, 6.45) is 1.64. The zero-order valence-corrected chi connectivity index (χ0v) is 15.5. The summed E-state index contributed by atoms with van der Waals surface area (Å²) in [5.41, 5.74) is 0.666. The minimum absolute atomic E-state index is 0.0248. The van der Waals surface area contributed by atoms with Gasteiger partial charge in [0.2, 0.25) is 0 Å². The molecule has 2 aromatic rings. The number of carbonyl (C=O) groups is 2. The smallest absolute Gasteiger partial charge is 0.295 e. The van der Waals surface area contributed by atoms with E-state index < -0.39 is 23.5 Å². The molecular formula is C20H20FNO3S. The maximum atomic E-state index is 13.9. The molecule has 1 aliphatic heterocycles. The van der Waals surface area contributed by atoms with Crippen LogP contribution in [0.4, 0.5) is 4.39 Å². The standard InChI is InChI=1S/C20H20FNO3S/c1-3-4-9-22-17(15-6-5-10-26-15)16(19(24)20(22)25)18(23)13-8-7-12(2)14(21)11-13/h5-8,10-11,17,23H,3-4,9H2,1-2H3/t17-/m0/s1. The van der Waals surface area contributed by atoms with Crippen molar-refractivity contribution >= 4 is 28.8 Å². The molecule has 3 rings (SSSR count). The summed E-state index contributed by atoms with van der Waals surface area (Å²) in [5.74, 6) is -2.15. The minimum Gasteiger partial charge on any atom is -0.507 e. The summed E-state index contributed by atoms with van der Waals surface area (Å²) in [6.45, 7) is 4.06. The highest BCUT2D eigenvalue weighted by molar-refractivity contribution is 7.10. The number of halogens is 1. The second-order valence-corrected chi connectivity index (χ2v) is 7.30. The van der Waals surface area contributed by atoms with E-state index in [1.54, 1.807) is 13.0 Å². The number of nitrogens with zero attached hydrogens (tertiary/aromatic N) is 1. The number of amides is 1. The third-order valence-corrected chi connectivity index (χ3v) is 5.48. The minimum atomic E-state index is -0.724. The van der Waals surface area contributed by atoms with Gasteiger partial charge in [-0.2, -0.15) is 0 Å². The van der Waals surface area contributed by atoms with Gasteiger partial charge in [0.15, 0.2) is 0 Å². The summed E-state index contributed by atoms with van der Waals surface area (Å²) in [7, 11) is 0. The molecule has 26 heavy (non-hydrogen) atoms. The summed E-state index contributed by atoms with van der Waals surface area (Å²) >= 11 is 1.42. The number of aliphatic hydroxyl groups excluding tert-OH is 1. The van der Waals surface area contributed by atoms with E-state index in [1.165, 1.54) is 28.4 Å². The van der Waals surface area contributed by atoms with Crippen LogP contribution in [0, 0.1) is 12.7 Å². The highest BCUT2D eigenvalue weighted by atomic mass is 32.1. The number of aliphatic hydroxyl groups is 1. The first-order valence-electron chi connectivity index (χ1n) is 8.54. The van der Waals surface area contributed by atoms with E-state index in [4.69, 9.17) is 0 Å². The molecule has 136 valence electrons. The van der Waals surface area contributed by atoms with Crippen LogP contribution in [-0.4, -0.2) is 28.2 Å². The number of rotatable bonds is 5. The molecule has 1 N–H and O–H groups in total. The van der Waals surface area contributed by atoms with Gasteiger partial charge < -0.3 is 10.0 Å². The second-order valence-electron chi connectivity index (χ2n) is 6.33. The first-order valence-corrected chi connectivity index (χ1v) is 9.42. The van der Waals surface area contributed by atoms with Crippen molar-refractivity contribution in [1.29, 1.82) is 0 Å². The lowest BCUT2D eigenvalue weighted by Gasteiger charge is -2.23. The molecule has 0 unspecified atom stereocenters. The van der Waals surface area contributed by atoms with Crippen molar-refractivity contribution in [2.45, 2.75) is 32.7 Å². The number of hydrogen-bond acceptors (Lipinski definition) is 4. The normalized spacial score (nSPS) is 19.3. The molecule has 1 amide bonds. The Bertz CT molecular complexity index is 873. The van der Waals surface area contributed by atoms with Crippen molar-refractivity contribution in [3.05, 3.63) is 63.1 Å². The van der Waals surface area contributed by atoms with Crippen LogP contribution >= 0.6 is 11.3 Å². The average molecular weight is 373 g/mol. The van der Waals surface area contributed by atoms with Gasteiger partial charge >= 0.3 is 0 Å². The topological polar surface area (TPSA) is 57.6 Å². The molecule has 1 aromatic carbocycles. The number of unbranched alkanes of at least 4 members (excludes halogenated alkanes) is 1. The Morgan fingerprint density at radius 3 is 2.69 bits per heavy atom. The Kier molecular flexibility index (Phi) is 5.23. The summed E-state index contributed by atoms with van der Waals surface area (Å²) in [4.78, 5) is 27.5. The Morgan fingerprint density at radius 1 is 1.31 bits per heavy atom. The fraction of sp³-hybridized carbons (Fsp3) is 0.300. The molecule has 1 aliphatic rings. The van der Waals surface area contributed by atoms with Crippen molar-refractivity contribution in [2.24, 2.45) is 0 Å². The van der Waals surface area contributed by atoms with Crippen molar-refractivity contribution in [3.8, 4) is 0 Å². The highest BCUT2D eigenvalue weighted by Crippen LogP contribution is 2.41. The van der Waals surface area contributed by atoms with E-state index in [-0.39, 0.29) is 16.9 Å². The quantitative estimate of drug-likeness (QED) is 0.480. The van der Waals surface area contributed by atoms with Gasteiger partial charge in [0.05, 0.1) is 11.6 Å². The third kappa shape index (κ3) is 3.17. The number of ketones is 1. The molecule has 0 aliphatic carbocycles. The van der Waals surface area contributed by atoms with Crippen molar-refractivity contribution < 1.29 is 19.1 Å². The van der Waals surface area contributed by atoms with Gasteiger partial charge in [0.25, 0.3) is 11.7 Å². The van der Waals surface area contributed by atoms with Gasteiger partial charge in [-0.25, -0.2) is 4.39 Å². The molecule has 0 bridgehead atoms. The largest absolute Gasteiger partial charge is 0.507 e. The first kappa shape index (κ1) is 18.3. The maximum Gasteiger partial charge on any atom is 0.295 e. The molecular weight excluding hydrogens is 353 g/mol. The molecule has 0 spiro atoms. The molecule has 0 radical (unpaired) electrons. The Balaban J connectivity index is 2.14. The van der Waals surface area contributed by atoms with Crippen LogP contribution in [0.5, 0.6) is 0 Å². The van der Waals surface area contributed by atoms with E-state index in [9.17, 15) is 19.1 Å². The van der Waals surface area contributed by atoms with Crippen LogP contribution in [0.3, 0.4) is 0 Å². The van der Waals surface area contributed by atoms with Gasteiger partial charge in [-0.3, -0.25) is 9.59 Å². The Morgan fingerprint density at radius 2 is 2.08 bits per heavy atom. The summed E-state index contributed by atoms with van der Waals surface area (Å²) in [5, 5.41) is 12.6. The Labute approximate surface area is 155 Å². The van der Waals surface area contributed by atoms with E-state index in [1.807, 2.05) is 24.4 Å². The molecule has 1 fully saturated rings. The van der Waals surface area contributed by atoms with Crippen molar-refractivity contribution in [3.63, 3.8) is 0 Å². The fourth-order valence-electron chi connectivity index (χ4n) is 3.08. The molecule has 1 atom stereocenters. The number of likely N-dealkylation sites (tertiary alicyclic amines) is 1. The van der Waals surface area contributed by atoms with Gasteiger partial charge in [-0.05, 0) is 36.4 Å². The molecule has 1 aromatic heterocycles. The lowest BCUT2D eigenvalue weighted by molar-refractivity contribution is -0.139. The lowest BCUT2D eigenvalue weighted by atomic mass is 9.99.